The number of carbonyl (C=O) groups is 1. The molecule has 0 bridgehead atoms. The summed E-state index contributed by atoms with van der Waals surface area (Å²) in [6.07, 6.45) is 5.46. The summed E-state index contributed by atoms with van der Waals surface area (Å²) in [5.41, 5.74) is 1.44. The number of aliphatic hydroxyl groups is 1. The lowest BCUT2D eigenvalue weighted by Crippen LogP contribution is -2.41. The Morgan fingerprint density at radius 3 is 2.95 bits per heavy atom. The smallest absolute Gasteiger partial charge is 0.256 e. The van der Waals surface area contributed by atoms with Gasteiger partial charge in [-0.1, -0.05) is 12.1 Å². The zero-order chi connectivity index (χ0) is 14.7. The Hall–Kier alpha value is -2.14. The molecular weight excluding hydrogens is 266 g/mol. The summed E-state index contributed by atoms with van der Waals surface area (Å²) >= 11 is 0. The topological polar surface area (TPSA) is 58.4 Å². The van der Waals surface area contributed by atoms with Gasteiger partial charge in [-0.25, -0.2) is 4.68 Å². The Bertz CT molecular complexity index is 610. The fourth-order valence-electron chi connectivity index (χ4n) is 2.83. The predicted octanol–water partition coefficient (Wildman–Crippen LogP) is 1.72. The van der Waals surface area contributed by atoms with Crippen molar-refractivity contribution in [3.05, 3.63) is 48.3 Å². The van der Waals surface area contributed by atoms with Crippen molar-refractivity contribution in [3.63, 3.8) is 0 Å². The van der Waals surface area contributed by atoms with Crippen LogP contribution in [0.15, 0.2) is 42.7 Å². The van der Waals surface area contributed by atoms with Crippen LogP contribution in [0.4, 0.5) is 0 Å². The van der Waals surface area contributed by atoms with E-state index >= 15 is 0 Å². The van der Waals surface area contributed by atoms with E-state index in [2.05, 4.69) is 5.10 Å². The molecule has 5 heteroatoms. The molecule has 0 spiro atoms. The standard InChI is InChI=1S/C16H19N3O2/c20-12-13-5-3-9-18(11-13)16(21)14-6-1-2-7-15(14)19-10-4-8-17-19/h1-2,4,6-8,10,13,20H,3,5,9,11-12H2. The van der Waals surface area contributed by atoms with Crippen molar-refractivity contribution >= 4 is 5.91 Å². The van der Waals surface area contributed by atoms with Gasteiger partial charge in [0.25, 0.3) is 5.91 Å². The lowest BCUT2D eigenvalue weighted by atomic mass is 9.98. The first kappa shape index (κ1) is 13.8. The minimum Gasteiger partial charge on any atom is -0.396 e. The van der Waals surface area contributed by atoms with Crippen molar-refractivity contribution in [3.8, 4) is 5.69 Å². The highest BCUT2D eigenvalue weighted by Crippen LogP contribution is 2.21. The number of nitrogens with zero attached hydrogens (tertiary/aromatic N) is 3. The second-order valence-electron chi connectivity index (χ2n) is 5.41. The third kappa shape index (κ3) is 2.83. The summed E-state index contributed by atoms with van der Waals surface area (Å²) in [5, 5.41) is 13.5. The van der Waals surface area contributed by atoms with Crippen molar-refractivity contribution in [2.75, 3.05) is 19.7 Å². The van der Waals surface area contributed by atoms with Crippen molar-refractivity contribution in [1.29, 1.82) is 0 Å². The number of hydrogen-bond acceptors (Lipinski definition) is 3. The molecule has 1 N–H and O–H groups in total. The number of amides is 1. The molecule has 110 valence electrons. The Morgan fingerprint density at radius 1 is 1.33 bits per heavy atom. The predicted molar refractivity (Wildman–Crippen MR) is 79.3 cm³/mol. The van der Waals surface area contributed by atoms with E-state index in [9.17, 15) is 9.90 Å². The largest absolute Gasteiger partial charge is 0.396 e. The average Bonchev–Trinajstić information content (AvgIpc) is 3.08. The molecule has 1 aliphatic heterocycles. The fraction of sp³-hybridized carbons (Fsp3) is 0.375. The minimum atomic E-state index is 0.0132. The van der Waals surface area contributed by atoms with Crippen LogP contribution in [0.3, 0.4) is 0 Å². The number of carbonyl (C=O) groups excluding carboxylic acids is 1. The highest BCUT2D eigenvalue weighted by atomic mass is 16.3. The quantitative estimate of drug-likeness (QED) is 0.934. The van der Waals surface area contributed by atoms with Crippen LogP contribution in [0.25, 0.3) is 5.69 Å². The third-order valence-electron chi connectivity index (χ3n) is 3.95. The van der Waals surface area contributed by atoms with E-state index in [4.69, 9.17) is 0 Å². The van der Waals surface area contributed by atoms with Crippen LogP contribution >= 0.6 is 0 Å². The number of para-hydroxylation sites is 1. The Kier molecular flexibility index (Phi) is 4.01. The van der Waals surface area contributed by atoms with Crippen LogP contribution in [0.2, 0.25) is 0 Å². The number of rotatable bonds is 3. The molecule has 1 aromatic carbocycles. The first-order chi connectivity index (χ1) is 10.3. The maximum Gasteiger partial charge on any atom is 0.256 e. The Labute approximate surface area is 123 Å². The van der Waals surface area contributed by atoms with Crippen LogP contribution in [0, 0.1) is 5.92 Å². The van der Waals surface area contributed by atoms with E-state index in [0.29, 0.717) is 12.1 Å². The van der Waals surface area contributed by atoms with Gasteiger partial charge in [0.2, 0.25) is 0 Å². The molecule has 2 aromatic rings. The van der Waals surface area contributed by atoms with Crippen molar-refractivity contribution in [2.45, 2.75) is 12.8 Å². The molecule has 1 aromatic heterocycles. The minimum absolute atomic E-state index is 0.0132. The van der Waals surface area contributed by atoms with Gasteiger partial charge in [-0.15, -0.1) is 0 Å². The third-order valence-corrected chi connectivity index (χ3v) is 3.95. The number of hydrogen-bond donors (Lipinski definition) is 1. The number of benzene rings is 1. The first-order valence-electron chi connectivity index (χ1n) is 7.29. The molecule has 1 fully saturated rings. The second-order valence-corrected chi connectivity index (χ2v) is 5.41. The van der Waals surface area contributed by atoms with Gasteiger partial charge in [0.15, 0.2) is 0 Å². The van der Waals surface area contributed by atoms with Crippen molar-refractivity contribution in [1.82, 2.24) is 14.7 Å². The molecule has 0 aliphatic carbocycles. The number of aliphatic hydroxyl groups excluding tert-OH is 1. The summed E-state index contributed by atoms with van der Waals surface area (Å²) in [5.74, 6) is 0.207. The van der Waals surface area contributed by atoms with E-state index in [1.54, 1.807) is 10.9 Å². The van der Waals surface area contributed by atoms with Crippen LogP contribution in [-0.4, -0.2) is 45.4 Å². The molecule has 1 amide bonds. The fourth-order valence-corrected chi connectivity index (χ4v) is 2.83. The maximum absolute atomic E-state index is 12.8. The summed E-state index contributed by atoms with van der Waals surface area (Å²) in [4.78, 5) is 14.6. The highest BCUT2D eigenvalue weighted by Gasteiger charge is 2.25. The van der Waals surface area contributed by atoms with Gasteiger partial charge < -0.3 is 10.0 Å². The molecule has 1 aliphatic rings. The zero-order valence-corrected chi connectivity index (χ0v) is 11.9. The van der Waals surface area contributed by atoms with Gasteiger partial charge in [-0.2, -0.15) is 5.10 Å². The van der Waals surface area contributed by atoms with Gasteiger partial charge >= 0.3 is 0 Å². The molecule has 1 atom stereocenters. The van der Waals surface area contributed by atoms with E-state index < -0.39 is 0 Å². The molecule has 21 heavy (non-hydrogen) atoms. The van der Waals surface area contributed by atoms with Crippen molar-refractivity contribution in [2.24, 2.45) is 5.92 Å². The van der Waals surface area contributed by atoms with Gasteiger partial charge in [0, 0.05) is 32.1 Å². The van der Waals surface area contributed by atoms with E-state index in [1.165, 1.54) is 0 Å². The van der Waals surface area contributed by atoms with Crippen LogP contribution in [-0.2, 0) is 0 Å². The van der Waals surface area contributed by atoms with Gasteiger partial charge in [0.1, 0.15) is 0 Å². The number of likely N-dealkylation sites (tertiary alicyclic amines) is 1. The van der Waals surface area contributed by atoms with Gasteiger partial charge in [-0.05, 0) is 37.0 Å². The van der Waals surface area contributed by atoms with Gasteiger partial charge in [-0.3, -0.25) is 4.79 Å². The maximum atomic E-state index is 12.8. The van der Waals surface area contributed by atoms with Gasteiger partial charge in [0.05, 0.1) is 11.3 Å². The normalized spacial score (nSPS) is 18.7. The summed E-state index contributed by atoms with van der Waals surface area (Å²) in [6.45, 7) is 1.52. The summed E-state index contributed by atoms with van der Waals surface area (Å²) in [6, 6.07) is 9.34. The Balaban J connectivity index is 1.88. The SMILES string of the molecule is O=C(c1ccccc1-n1cccn1)N1CCCC(CO)C1. The molecule has 0 radical (unpaired) electrons. The molecule has 1 saturated heterocycles. The zero-order valence-electron chi connectivity index (χ0n) is 11.9. The summed E-state index contributed by atoms with van der Waals surface area (Å²) < 4.78 is 1.71. The number of piperidine rings is 1. The molecule has 0 saturated carbocycles. The molecule has 3 rings (SSSR count). The van der Waals surface area contributed by atoms with Crippen LogP contribution in [0.1, 0.15) is 23.2 Å². The van der Waals surface area contributed by atoms with Crippen LogP contribution in [0.5, 0.6) is 0 Å². The molecule has 5 nitrogen and oxygen atoms in total. The molecule has 1 unspecified atom stereocenters. The second kappa shape index (κ2) is 6.10. The molecule has 2 heterocycles. The monoisotopic (exact) mass is 285 g/mol. The Morgan fingerprint density at radius 2 is 2.19 bits per heavy atom. The van der Waals surface area contributed by atoms with E-state index in [0.717, 1.165) is 25.1 Å². The lowest BCUT2D eigenvalue weighted by Gasteiger charge is -2.32. The number of aromatic nitrogens is 2. The first-order valence-corrected chi connectivity index (χ1v) is 7.29. The summed E-state index contributed by atoms with van der Waals surface area (Å²) in [7, 11) is 0. The lowest BCUT2D eigenvalue weighted by molar-refractivity contribution is 0.0620. The average molecular weight is 285 g/mol. The van der Waals surface area contributed by atoms with Crippen molar-refractivity contribution < 1.29 is 9.90 Å². The molecular formula is C16H19N3O2. The van der Waals surface area contributed by atoms with E-state index in [-0.39, 0.29) is 18.4 Å². The highest BCUT2D eigenvalue weighted by molar-refractivity contribution is 5.97. The van der Waals surface area contributed by atoms with Crippen LogP contribution < -0.4 is 0 Å². The van der Waals surface area contributed by atoms with E-state index in [1.807, 2.05) is 41.4 Å².